The smallest absolute Gasteiger partial charge is 0.120 e. The van der Waals surface area contributed by atoms with Crippen molar-refractivity contribution in [3.05, 3.63) is 23.8 Å². The highest BCUT2D eigenvalue weighted by atomic mass is 16.5. The maximum Gasteiger partial charge on any atom is 0.120 e. The van der Waals surface area contributed by atoms with Crippen LogP contribution < -0.4 is 10.1 Å². The first kappa shape index (κ1) is 9.97. The van der Waals surface area contributed by atoms with Crippen LogP contribution in [0, 0.1) is 0 Å². The molecule has 2 aliphatic heterocycles. The minimum atomic E-state index is 0.334. The molecular weight excluding hydrogens is 202 g/mol. The topological polar surface area (TPSA) is 30.5 Å². The van der Waals surface area contributed by atoms with Crippen LogP contribution in [0.5, 0.6) is 5.75 Å². The third kappa shape index (κ3) is 2.00. The third-order valence-corrected chi connectivity index (χ3v) is 3.26. The van der Waals surface area contributed by atoms with E-state index in [0.717, 1.165) is 44.8 Å². The second kappa shape index (κ2) is 4.34. The number of nitrogens with one attached hydrogen (secondary N) is 1. The minimum Gasteiger partial charge on any atom is -0.490 e. The van der Waals surface area contributed by atoms with E-state index in [-0.39, 0.29) is 0 Å². The highest BCUT2D eigenvalue weighted by Gasteiger charge is 2.16. The molecule has 86 valence electrons. The lowest BCUT2D eigenvalue weighted by Crippen LogP contribution is -2.25. The first-order valence-corrected chi connectivity index (χ1v) is 6.03. The molecule has 0 aliphatic carbocycles. The first-order valence-electron chi connectivity index (χ1n) is 6.03. The molecule has 0 bridgehead atoms. The van der Waals surface area contributed by atoms with Gasteiger partial charge in [0.25, 0.3) is 0 Å². The fraction of sp³-hybridized carbons (Fsp3) is 0.538. The zero-order valence-corrected chi connectivity index (χ0v) is 9.37. The van der Waals surface area contributed by atoms with E-state index in [2.05, 4.69) is 23.5 Å². The largest absolute Gasteiger partial charge is 0.490 e. The van der Waals surface area contributed by atoms with Gasteiger partial charge in [-0.1, -0.05) is 0 Å². The van der Waals surface area contributed by atoms with Crippen LogP contribution in [-0.4, -0.2) is 25.9 Å². The lowest BCUT2D eigenvalue weighted by Gasteiger charge is -2.23. The molecule has 0 radical (unpaired) electrons. The molecule has 0 spiro atoms. The highest BCUT2D eigenvalue weighted by molar-refractivity contribution is 5.57. The Balaban J connectivity index is 1.69. The van der Waals surface area contributed by atoms with Crippen molar-refractivity contribution in [3.8, 4) is 5.75 Å². The van der Waals surface area contributed by atoms with Gasteiger partial charge in [0.05, 0.1) is 13.2 Å². The summed E-state index contributed by atoms with van der Waals surface area (Å²) in [4.78, 5) is 0. The van der Waals surface area contributed by atoms with E-state index < -0.39 is 0 Å². The van der Waals surface area contributed by atoms with Gasteiger partial charge in [-0.3, -0.25) is 0 Å². The van der Waals surface area contributed by atoms with Gasteiger partial charge in [-0.05, 0) is 30.2 Å². The van der Waals surface area contributed by atoms with Gasteiger partial charge in [0.2, 0.25) is 0 Å². The molecule has 3 heteroatoms. The van der Waals surface area contributed by atoms with E-state index in [0.29, 0.717) is 6.10 Å². The summed E-state index contributed by atoms with van der Waals surface area (Å²) < 4.78 is 11.3. The van der Waals surface area contributed by atoms with Crippen molar-refractivity contribution < 1.29 is 9.47 Å². The molecule has 0 atom stereocenters. The fourth-order valence-electron chi connectivity index (χ4n) is 2.34. The molecule has 1 saturated heterocycles. The van der Waals surface area contributed by atoms with Gasteiger partial charge in [0, 0.05) is 25.1 Å². The molecule has 2 heterocycles. The first-order chi connectivity index (χ1) is 7.92. The molecule has 0 aromatic heterocycles. The molecule has 1 aromatic rings. The number of rotatable bonds is 2. The summed E-state index contributed by atoms with van der Waals surface area (Å²) in [6.45, 7) is 2.71. The van der Waals surface area contributed by atoms with Gasteiger partial charge in [0.15, 0.2) is 0 Å². The highest BCUT2D eigenvalue weighted by Crippen LogP contribution is 2.27. The maximum atomic E-state index is 5.97. The van der Waals surface area contributed by atoms with Crippen LogP contribution in [0.1, 0.15) is 18.4 Å². The van der Waals surface area contributed by atoms with Gasteiger partial charge in [-0.15, -0.1) is 0 Å². The van der Waals surface area contributed by atoms with Gasteiger partial charge < -0.3 is 14.8 Å². The van der Waals surface area contributed by atoms with Crippen LogP contribution >= 0.6 is 0 Å². The summed E-state index contributed by atoms with van der Waals surface area (Å²) in [5.41, 5.74) is 2.64. The van der Waals surface area contributed by atoms with Crippen molar-refractivity contribution in [2.45, 2.75) is 25.4 Å². The standard InChI is InChI=1S/C13H17NO2/c1-2-13-10(3-6-14-13)9-12(1)16-11-4-7-15-8-5-11/h1-2,9,11,14H,3-8H2. The number of benzene rings is 1. The molecule has 0 saturated carbocycles. The van der Waals surface area contributed by atoms with Gasteiger partial charge in [-0.25, -0.2) is 0 Å². The summed E-state index contributed by atoms with van der Waals surface area (Å²) in [7, 11) is 0. The zero-order valence-electron chi connectivity index (χ0n) is 9.37. The SMILES string of the molecule is c1cc2c(cc1OC1CCOCC1)CCN2. The predicted molar refractivity (Wildman–Crippen MR) is 63.1 cm³/mol. The fourth-order valence-corrected chi connectivity index (χ4v) is 2.34. The second-order valence-corrected chi connectivity index (χ2v) is 4.43. The Morgan fingerprint density at radius 1 is 1.25 bits per heavy atom. The van der Waals surface area contributed by atoms with Crippen LogP contribution in [-0.2, 0) is 11.2 Å². The van der Waals surface area contributed by atoms with Crippen molar-refractivity contribution >= 4 is 5.69 Å². The Bertz CT molecular complexity index is 372. The Kier molecular flexibility index (Phi) is 2.70. The van der Waals surface area contributed by atoms with E-state index in [9.17, 15) is 0 Å². The zero-order chi connectivity index (χ0) is 10.8. The third-order valence-electron chi connectivity index (χ3n) is 3.26. The minimum absolute atomic E-state index is 0.334. The Morgan fingerprint density at radius 2 is 2.12 bits per heavy atom. The molecule has 16 heavy (non-hydrogen) atoms. The summed E-state index contributed by atoms with van der Waals surface area (Å²) in [5.74, 6) is 1.01. The molecule has 0 unspecified atom stereocenters. The lowest BCUT2D eigenvalue weighted by molar-refractivity contribution is 0.0255. The monoisotopic (exact) mass is 219 g/mol. The van der Waals surface area contributed by atoms with Crippen molar-refractivity contribution in [1.29, 1.82) is 0 Å². The average molecular weight is 219 g/mol. The van der Waals surface area contributed by atoms with Crippen molar-refractivity contribution in [2.75, 3.05) is 25.1 Å². The molecule has 3 nitrogen and oxygen atoms in total. The van der Waals surface area contributed by atoms with E-state index in [1.54, 1.807) is 0 Å². The molecule has 1 aromatic carbocycles. The molecule has 3 rings (SSSR count). The van der Waals surface area contributed by atoms with Crippen LogP contribution in [0.2, 0.25) is 0 Å². The Hall–Kier alpha value is -1.22. The number of hydrogen-bond acceptors (Lipinski definition) is 3. The summed E-state index contributed by atoms with van der Waals surface area (Å²) in [6.07, 6.45) is 3.46. The van der Waals surface area contributed by atoms with Gasteiger partial charge in [-0.2, -0.15) is 0 Å². The number of ether oxygens (including phenoxy) is 2. The summed E-state index contributed by atoms with van der Waals surface area (Å²) >= 11 is 0. The van der Waals surface area contributed by atoms with Crippen molar-refractivity contribution in [3.63, 3.8) is 0 Å². The van der Waals surface area contributed by atoms with Crippen LogP contribution in [0.4, 0.5) is 5.69 Å². The molecule has 1 N–H and O–H groups in total. The number of fused-ring (bicyclic) bond motifs is 1. The van der Waals surface area contributed by atoms with E-state index in [1.807, 2.05) is 0 Å². The molecular formula is C13H17NO2. The van der Waals surface area contributed by atoms with Gasteiger partial charge >= 0.3 is 0 Å². The van der Waals surface area contributed by atoms with Crippen molar-refractivity contribution in [2.24, 2.45) is 0 Å². The number of hydrogen-bond donors (Lipinski definition) is 1. The van der Waals surface area contributed by atoms with Crippen LogP contribution in [0.25, 0.3) is 0 Å². The second-order valence-electron chi connectivity index (χ2n) is 4.43. The predicted octanol–water partition coefficient (Wildman–Crippen LogP) is 2.21. The van der Waals surface area contributed by atoms with E-state index in [4.69, 9.17) is 9.47 Å². The van der Waals surface area contributed by atoms with Crippen LogP contribution in [0.15, 0.2) is 18.2 Å². The van der Waals surface area contributed by atoms with E-state index in [1.165, 1.54) is 11.3 Å². The summed E-state index contributed by atoms with van der Waals surface area (Å²) in [6, 6.07) is 6.36. The average Bonchev–Trinajstić information content (AvgIpc) is 2.77. The lowest BCUT2D eigenvalue weighted by atomic mass is 10.1. The summed E-state index contributed by atoms with van der Waals surface area (Å²) in [5, 5.41) is 3.36. The van der Waals surface area contributed by atoms with Gasteiger partial charge in [0.1, 0.15) is 11.9 Å². The van der Waals surface area contributed by atoms with Crippen LogP contribution in [0.3, 0.4) is 0 Å². The number of anilines is 1. The maximum absolute atomic E-state index is 5.97. The normalized spacial score (nSPS) is 20.2. The molecule has 2 aliphatic rings. The molecule has 1 fully saturated rings. The van der Waals surface area contributed by atoms with E-state index >= 15 is 0 Å². The Morgan fingerprint density at radius 3 is 3.00 bits per heavy atom. The van der Waals surface area contributed by atoms with Crippen molar-refractivity contribution in [1.82, 2.24) is 0 Å². The Labute approximate surface area is 95.8 Å². The quantitative estimate of drug-likeness (QED) is 0.827. The molecule has 0 amide bonds.